The number of aliphatic hydroxyl groups excluding tert-OH is 1. The molecule has 30 heavy (non-hydrogen) atoms. The second kappa shape index (κ2) is 12.1. The number of hydrogen-bond acceptors (Lipinski definition) is 7. The molecule has 0 heterocycles. The lowest BCUT2D eigenvalue weighted by Crippen LogP contribution is -2.55. The van der Waals surface area contributed by atoms with E-state index in [1.54, 1.807) is 30.3 Å². The van der Waals surface area contributed by atoms with E-state index in [1.807, 2.05) is 5.32 Å². The lowest BCUT2D eigenvalue weighted by Gasteiger charge is -2.20. The molecule has 0 fully saturated rings. The van der Waals surface area contributed by atoms with Gasteiger partial charge in [-0.1, -0.05) is 30.3 Å². The average Bonchev–Trinajstić information content (AvgIpc) is 2.70. The van der Waals surface area contributed by atoms with Gasteiger partial charge in [0.05, 0.1) is 19.6 Å². The summed E-state index contributed by atoms with van der Waals surface area (Å²) in [7, 11) is 0. The Balaban J connectivity index is 2.75. The van der Waals surface area contributed by atoms with Gasteiger partial charge in [0.2, 0.25) is 17.7 Å². The maximum absolute atomic E-state index is 12.5. The summed E-state index contributed by atoms with van der Waals surface area (Å²) in [4.78, 5) is 58.0. The number of carboxylic acids is 2. The zero-order chi connectivity index (χ0) is 22.7. The third-order valence-electron chi connectivity index (χ3n) is 3.88. The van der Waals surface area contributed by atoms with Crippen molar-refractivity contribution in [2.24, 2.45) is 5.73 Å². The first-order valence-corrected chi connectivity index (χ1v) is 8.86. The van der Waals surface area contributed by atoms with Gasteiger partial charge in [0.1, 0.15) is 18.1 Å². The first-order valence-electron chi connectivity index (χ1n) is 8.86. The molecule has 0 aliphatic carbocycles. The van der Waals surface area contributed by atoms with Crippen molar-refractivity contribution in [1.29, 1.82) is 0 Å². The number of hydrogen-bond donors (Lipinski definition) is 7. The third kappa shape index (κ3) is 8.67. The number of rotatable bonds is 12. The van der Waals surface area contributed by atoms with Crippen LogP contribution in [-0.2, 0) is 30.4 Å². The van der Waals surface area contributed by atoms with Gasteiger partial charge in [0, 0.05) is 6.42 Å². The number of carboxylic acid groups (broad SMARTS) is 2. The lowest BCUT2D eigenvalue weighted by atomic mass is 10.0. The molecule has 164 valence electrons. The summed E-state index contributed by atoms with van der Waals surface area (Å²) < 4.78 is 0. The molecule has 1 aromatic carbocycles. The maximum atomic E-state index is 12.5. The molecular weight excluding hydrogens is 400 g/mol. The van der Waals surface area contributed by atoms with E-state index in [9.17, 15) is 24.0 Å². The molecule has 3 amide bonds. The summed E-state index contributed by atoms with van der Waals surface area (Å²) in [5, 5.41) is 33.2. The van der Waals surface area contributed by atoms with E-state index in [1.165, 1.54) is 0 Å². The number of aliphatic hydroxyl groups is 1. The topological polar surface area (TPSA) is 208 Å². The summed E-state index contributed by atoms with van der Waals surface area (Å²) in [6, 6.07) is 4.63. The number of aliphatic carboxylic acids is 2. The van der Waals surface area contributed by atoms with Crippen LogP contribution >= 0.6 is 0 Å². The van der Waals surface area contributed by atoms with E-state index in [0.29, 0.717) is 5.56 Å². The van der Waals surface area contributed by atoms with Gasteiger partial charge >= 0.3 is 11.9 Å². The van der Waals surface area contributed by atoms with Gasteiger partial charge in [0.15, 0.2) is 0 Å². The Kier molecular flexibility index (Phi) is 9.92. The number of amides is 3. The van der Waals surface area contributed by atoms with E-state index >= 15 is 0 Å². The van der Waals surface area contributed by atoms with E-state index in [2.05, 4.69) is 10.6 Å². The van der Waals surface area contributed by atoms with E-state index in [4.69, 9.17) is 21.1 Å². The first-order chi connectivity index (χ1) is 14.1. The first kappa shape index (κ1) is 24.5. The van der Waals surface area contributed by atoms with Gasteiger partial charge in [-0.2, -0.15) is 0 Å². The predicted octanol–water partition coefficient (Wildman–Crippen LogP) is -2.81. The molecule has 8 N–H and O–H groups in total. The Labute approximate surface area is 171 Å². The highest BCUT2D eigenvalue weighted by atomic mass is 16.4. The maximum Gasteiger partial charge on any atom is 0.326 e. The van der Waals surface area contributed by atoms with Crippen LogP contribution in [0.2, 0.25) is 0 Å². The van der Waals surface area contributed by atoms with Crippen molar-refractivity contribution in [2.75, 3.05) is 13.2 Å². The Bertz CT molecular complexity index is 771. The number of nitrogens with one attached hydrogen (secondary N) is 3. The zero-order valence-corrected chi connectivity index (χ0v) is 15.9. The fraction of sp³-hybridized carbons (Fsp3) is 0.389. The van der Waals surface area contributed by atoms with Gasteiger partial charge in [-0.25, -0.2) is 4.79 Å². The van der Waals surface area contributed by atoms with Crippen molar-refractivity contribution in [3.8, 4) is 0 Å². The Morgan fingerprint density at radius 2 is 1.57 bits per heavy atom. The molecule has 0 aromatic heterocycles. The van der Waals surface area contributed by atoms with E-state index < -0.39 is 67.4 Å². The molecule has 12 nitrogen and oxygen atoms in total. The number of carbonyl (C=O) groups excluding carboxylic acids is 3. The molecule has 0 aliphatic heterocycles. The quantitative estimate of drug-likeness (QED) is 0.184. The minimum Gasteiger partial charge on any atom is -0.481 e. The average molecular weight is 424 g/mol. The van der Waals surface area contributed by atoms with Crippen LogP contribution in [0.4, 0.5) is 0 Å². The number of benzene rings is 1. The Morgan fingerprint density at radius 1 is 0.933 bits per heavy atom. The van der Waals surface area contributed by atoms with Crippen molar-refractivity contribution in [3.05, 3.63) is 35.9 Å². The standard InChI is InChI=1S/C18H24N4O8/c19-11(9-23)16(27)22-12(6-10-4-2-1-3-5-10)17(28)20-8-14(24)21-13(18(29)30)7-15(25)26/h1-5,11-13,23H,6-9,19H2,(H,20,28)(H,21,24)(H,22,27)(H,25,26)(H,29,30). The second-order valence-corrected chi connectivity index (χ2v) is 6.31. The van der Waals surface area contributed by atoms with Crippen molar-refractivity contribution < 1.29 is 39.3 Å². The number of carbonyl (C=O) groups is 5. The van der Waals surface area contributed by atoms with Gasteiger partial charge in [-0.15, -0.1) is 0 Å². The molecule has 12 heteroatoms. The molecule has 3 unspecified atom stereocenters. The minimum atomic E-state index is -1.66. The normalized spacial score (nSPS) is 13.4. The van der Waals surface area contributed by atoms with Crippen LogP contribution in [0, 0.1) is 0 Å². The highest BCUT2D eigenvalue weighted by Gasteiger charge is 2.26. The second-order valence-electron chi connectivity index (χ2n) is 6.31. The summed E-state index contributed by atoms with van der Waals surface area (Å²) in [6.45, 7) is -1.27. The SMILES string of the molecule is NC(CO)C(=O)NC(Cc1ccccc1)C(=O)NCC(=O)NC(CC(=O)O)C(=O)O. The van der Waals surface area contributed by atoms with Crippen molar-refractivity contribution in [1.82, 2.24) is 16.0 Å². The fourth-order valence-electron chi connectivity index (χ4n) is 2.33. The van der Waals surface area contributed by atoms with E-state index in [0.717, 1.165) is 0 Å². The minimum absolute atomic E-state index is 0.0644. The summed E-state index contributed by atoms with van der Waals surface area (Å²) in [5.74, 6) is -5.40. The number of nitrogens with two attached hydrogens (primary N) is 1. The van der Waals surface area contributed by atoms with Crippen LogP contribution < -0.4 is 21.7 Å². The molecule has 0 saturated carbocycles. The molecule has 1 rings (SSSR count). The van der Waals surface area contributed by atoms with Crippen LogP contribution in [0.3, 0.4) is 0 Å². The molecule has 1 aromatic rings. The van der Waals surface area contributed by atoms with Crippen LogP contribution in [0.5, 0.6) is 0 Å². The van der Waals surface area contributed by atoms with Crippen LogP contribution in [0.15, 0.2) is 30.3 Å². The van der Waals surface area contributed by atoms with Crippen LogP contribution in [-0.4, -0.2) is 76.3 Å². The summed E-state index contributed by atoms with van der Waals surface area (Å²) in [5.41, 5.74) is 6.14. The molecule has 0 saturated heterocycles. The van der Waals surface area contributed by atoms with Crippen LogP contribution in [0.25, 0.3) is 0 Å². The summed E-state index contributed by atoms with van der Waals surface area (Å²) >= 11 is 0. The zero-order valence-electron chi connectivity index (χ0n) is 15.9. The largest absolute Gasteiger partial charge is 0.481 e. The fourth-order valence-corrected chi connectivity index (χ4v) is 2.33. The van der Waals surface area contributed by atoms with Gasteiger partial charge < -0.3 is 37.0 Å². The monoisotopic (exact) mass is 424 g/mol. The van der Waals surface area contributed by atoms with Crippen molar-refractivity contribution in [2.45, 2.75) is 31.0 Å². The highest BCUT2D eigenvalue weighted by molar-refractivity contribution is 5.93. The highest BCUT2D eigenvalue weighted by Crippen LogP contribution is 2.04. The Hall–Kier alpha value is -3.51. The third-order valence-corrected chi connectivity index (χ3v) is 3.88. The van der Waals surface area contributed by atoms with E-state index in [-0.39, 0.29) is 6.42 Å². The smallest absolute Gasteiger partial charge is 0.326 e. The molecule has 0 aliphatic rings. The van der Waals surface area contributed by atoms with Crippen molar-refractivity contribution in [3.63, 3.8) is 0 Å². The predicted molar refractivity (Wildman–Crippen MR) is 102 cm³/mol. The Morgan fingerprint density at radius 3 is 2.10 bits per heavy atom. The van der Waals surface area contributed by atoms with Gasteiger partial charge in [0.25, 0.3) is 0 Å². The van der Waals surface area contributed by atoms with Gasteiger partial charge in [-0.3, -0.25) is 19.2 Å². The molecule has 0 radical (unpaired) electrons. The summed E-state index contributed by atoms with van der Waals surface area (Å²) in [6.07, 6.45) is -0.768. The van der Waals surface area contributed by atoms with Crippen molar-refractivity contribution >= 4 is 29.7 Å². The molecular formula is C18H24N4O8. The van der Waals surface area contributed by atoms with Crippen LogP contribution in [0.1, 0.15) is 12.0 Å². The van der Waals surface area contributed by atoms with Gasteiger partial charge in [-0.05, 0) is 5.56 Å². The molecule has 3 atom stereocenters. The molecule has 0 spiro atoms. The molecule has 0 bridgehead atoms. The lowest BCUT2D eigenvalue weighted by molar-refractivity contribution is -0.147.